The van der Waals surface area contributed by atoms with Crippen LogP contribution in [0.1, 0.15) is 0 Å². The van der Waals surface area contributed by atoms with Gasteiger partial charge in [-0.3, -0.25) is 0 Å². The van der Waals surface area contributed by atoms with E-state index in [1.54, 1.807) is 48.5 Å². The third-order valence-corrected chi connectivity index (χ3v) is 3.65. The van der Waals surface area contributed by atoms with Crippen LogP contribution in [0.15, 0.2) is 72.8 Å². The molecule has 4 N–H and O–H groups in total. The van der Waals surface area contributed by atoms with Crippen molar-refractivity contribution in [2.45, 2.75) is 0 Å². The highest BCUT2D eigenvalue weighted by atomic mass is 16.3. The number of rotatable bonds is 0. The summed E-state index contributed by atoms with van der Waals surface area (Å²) >= 11 is 0. The number of fused-ring (bicyclic) bond motifs is 2. The van der Waals surface area contributed by atoms with Gasteiger partial charge in [-0.25, -0.2) is 0 Å². The first-order chi connectivity index (χ1) is 11.5. The van der Waals surface area contributed by atoms with E-state index in [9.17, 15) is 0 Å². The minimum absolute atomic E-state index is 0.0753. The summed E-state index contributed by atoms with van der Waals surface area (Å²) in [5.74, 6) is 0.337. The van der Waals surface area contributed by atoms with E-state index in [1.807, 2.05) is 24.3 Å². The first-order valence-electron chi connectivity index (χ1n) is 7.35. The molecule has 4 aromatic carbocycles. The average molecular weight is 320 g/mol. The van der Waals surface area contributed by atoms with Crippen molar-refractivity contribution in [3.63, 3.8) is 0 Å². The molecule has 0 bridgehead atoms. The standard InChI is InChI=1S/2C10H8O2/c11-9-3-1-7-5-10(12)4-2-8(7)6-9;11-9-5-7-3-1-2-4-8(7)6-10(9)12/h2*1-6,11-12H. The molecule has 120 valence electrons. The van der Waals surface area contributed by atoms with Gasteiger partial charge in [0.1, 0.15) is 11.5 Å². The van der Waals surface area contributed by atoms with Crippen LogP contribution in [0.5, 0.6) is 23.0 Å². The Morgan fingerprint density at radius 2 is 0.792 bits per heavy atom. The molecule has 4 aromatic rings. The van der Waals surface area contributed by atoms with Crippen molar-refractivity contribution in [2.24, 2.45) is 0 Å². The normalized spacial score (nSPS) is 10.3. The predicted octanol–water partition coefficient (Wildman–Crippen LogP) is 4.50. The average Bonchev–Trinajstić information content (AvgIpc) is 2.57. The second kappa shape index (κ2) is 6.38. The van der Waals surface area contributed by atoms with E-state index in [0.717, 1.165) is 21.5 Å². The molecule has 0 aliphatic heterocycles. The topological polar surface area (TPSA) is 80.9 Å². The highest BCUT2D eigenvalue weighted by molar-refractivity contribution is 5.86. The van der Waals surface area contributed by atoms with E-state index in [1.165, 1.54) is 0 Å². The second-order valence-electron chi connectivity index (χ2n) is 5.40. The zero-order valence-electron chi connectivity index (χ0n) is 12.7. The van der Waals surface area contributed by atoms with E-state index in [4.69, 9.17) is 20.4 Å². The first-order valence-corrected chi connectivity index (χ1v) is 7.35. The fraction of sp³-hybridized carbons (Fsp3) is 0. The predicted molar refractivity (Wildman–Crippen MR) is 94.6 cm³/mol. The van der Waals surface area contributed by atoms with Crippen LogP contribution < -0.4 is 0 Å². The van der Waals surface area contributed by atoms with E-state index < -0.39 is 0 Å². The molecule has 0 radical (unpaired) electrons. The van der Waals surface area contributed by atoms with E-state index in [2.05, 4.69) is 0 Å². The van der Waals surface area contributed by atoms with Gasteiger partial charge in [0.2, 0.25) is 0 Å². The van der Waals surface area contributed by atoms with Crippen LogP contribution in [0, 0.1) is 0 Å². The molecular formula is C20H16O4. The third-order valence-electron chi connectivity index (χ3n) is 3.65. The summed E-state index contributed by atoms with van der Waals surface area (Å²) < 4.78 is 0. The molecule has 0 saturated heterocycles. The van der Waals surface area contributed by atoms with Crippen LogP contribution in [-0.4, -0.2) is 20.4 Å². The van der Waals surface area contributed by atoms with Gasteiger partial charge < -0.3 is 20.4 Å². The first kappa shape index (κ1) is 15.5. The summed E-state index contributed by atoms with van der Waals surface area (Å²) in [7, 11) is 0. The van der Waals surface area contributed by atoms with Crippen molar-refractivity contribution in [1.29, 1.82) is 0 Å². The van der Waals surface area contributed by atoms with Crippen LogP contribution in [0.2, 0.25) is 0 Å². The van der Waals surface area contributed by atoms with Gasteiger partial charge in [0.05, 0.1) is 0 Å². The van der Waals surface area contributed by atoms with E-state index in [0.29, 0.717) is 0 Å². The molecule has 0 fully saturated rings. The number of aromatic hydroxyl groups is 4. The van der Waals surface area contributed by atoms with Gasteiger partial charge >= 0.3 is 0 Å². The van der Waals surface area contributed by atoms with Crippen LogP contribution in [0.25, 0.3) is 21.5 Å². The Bertz CT molecular complexity index is 926. The lowest BCUT2D eigenvalue weighted by atomic mass is 10.1. The summed E-state index contributed by atoms with van der Waals surface area (Å²) in [4.78, 5) is 0. The van der Waals surface area contributed by atoms with Gasteiger partial charge in [0.15, 0.2) is 11.5 Å². The van der Waals surface area contributed by atoms with Gasteiger partial charge in [-0.15, -0.1) is 0 Å². The Hall–Kier alpha value is -3.40. The molecule has 0 aliphatic rings. The maximum Gasteiger partial charge on any atom is 0.158 e. The highest BCUT2D eigenvalue weighted by Crippen LogP contribution is 2.29. The minimum atomic E-state index is -0.0753. The zero-order valence-corrected chi connectivity index (χ0v) is 12.7. The van der Waals surface area contributed by atoms with Crippen molar-refractivity contribution in [1.82, 2.24) is 0 Å². The number of hydrogen-bond donors (Lipinski definition) is 4. The summed E-state index contributed by atoms with van der Waals surface area (Å²) in [5.41, 5.74) is 0. The Balaban J connectivity index is 0.000000141. The fourth-order valence-corrected chi connectivity index (χ4v) is 2.44. The molecule has 4 rings (SSSR count). The van der Waals surface area contributed by atoms with Crippen LogP contribution in [0.4, 0.5) is 0 Å². The van der Waals surface area contributed by atoms with Gasteiger partial charge in [0.25, 0.3) is 0 Å². The molecule has 0 heterocycles. The van der Waals surface area contributed by atoms with Gasteiger partial charge in [0, 0.05) is 0 Å². The summed E-state index contributed by atoms with van der Waals surface area (Å²) in [5, 5.41) is 40.3. The molecule has 0 spiro atoms. The Labute approximate surface area is 138 Å². The zero-order chi connectivity index (χ0) is 17.1. The number of phenols is 4. The SMILES string of the molecule is Oc1cc2ccccc2cc1O.Oc1ccc2cc(O)ccc2c1. The van der Waals surface area contributed by atoms with Crippen molar-refractivity contribution in [2.75, 3.05) is 0 Å². The van der Waals surface area contributed by atoms with Crippen molar-refractivity contribution in [3.05, 3.63) is 72.8 Å². The quantitative estimate of drug-likeness (QED) is 0.360. The monoisotopic (exact) mass is 320 g/mol. The van der Waals surface area contributed by atoms with Crippen molar-refractivity contribution in [3.8, 4) is 23.0 Å². The molecule has 4 nitrogen and oxygen atoms in total. The molecule has 4 heteroatoms. The number of benzene rings is 4. The molecule has 0 saturated carbocycles. The van der Waals surface area contributed by atoms with Gasteiger partial charge in [-0.1, -0.05) is 36.4 Å². The molecular weight excluding hydrogens is 304 g/mol. The lowest BCUT2D eigenvalue weighted by Crippen LogP contribution is -1.72. The number of hydrogen-bond acceptors (Lipinski definition) is 4. The van der Waals surface area contributed by atoms with Crippen molar-refractivity contribution >= 4 is 21.5 Å². The van der Waals surface area contributed by atoms with Crippen molar-refractivity contribution < 1.29 is 20.4 Å². The Morgan fingerprint density at radius 1 is 0.417 bits per heavy atom. The van der Waals surface area contributed by atoms with Crippen LogP contribution in [-0.2, 0) is 0 Å². The summed E-state index contributed by atoms with van der Waals surface area (Å²) in [6.45, 7) is 0. The lowest BCUT2D eigenvalue weighted by molar-refractivity contribution is 0.405. The minimum Gasteiger partial charge on any atom is -0.508 e. The maximum absolute atomic E-state index is 9.17. The van der Waals surface area contributed by atoms with Gasteiger partial charge in [-0.2, -0.15) is 0 Å². The molecule has 24 heavy (non-hydrogen) atoms. The lowest BCUT2D eigenvalue weighted by Gasteiger charge is -2.00. The summed E-state index contributed by atoms with van der Waals surface area (Å²) in [6, 6.07) is 20.7. The third kappa shape index (κ3) is 3.33. The molecule has 0 atom stereocenters. The van der Waals surface area contributed by atoms with Crippen LogP contribution >= 0.6 is 0 Å². The molecule has 0 aliphatic carbocycles. The number of phenolic OH excluding ortho intramolecular Hbond substituents is 4. The second-order valence-corrected chi connectivity index (χ2v) is 5.40. The summed E-state index contributed by atoms with van der Waals surface area (Å²) in [6.07, 6.45) is 0. The molecule has 0 amide bonds. The molecule has 0 unspecified atom stereocenters. The Morgan fingerprint density at radius 3 is 1.21 bits per heavy atom. The van der Waals surface area contributed by atoms with E-state index >= 15 is 0 Å². The van der Waals surface area contributed by atoms with E-state index in [-0.39, 0.29) is 23.0 Å². The smallest absolute Gasteiger partial charge is 0.158 e. The molecule has 0 aromatic heterocycles. The van der Waals surface area contributed by atoms with Crippen LogP contribution in [0.3, 0.4) is 0 Å². The largest absolute Gasteiger partial charge is 0.508 e. The van der Waals surface area contributed by atoms with Gasteiger partial charge in [-0.05, 0) is 57.9 Å². The Kier molecular flexibility index (Phi) is 4.12. The highest BCUT2D eigenvalue weighted by Gasteiger charge is 2.00. The maximum atomic E-state index is 9.17. The fourth-order valence-electron chi connectivity index (χ4n) is 2.44.